The van der Waals surface area contributed by atoms with Gasteiger partial charge in [0, 0.05) is 24.7 Å². The van der Waals surface area contributed by atoms with Gasteiger partial charge in [0.05, 0.1) is 0 Å². The Morgan fingerprint density at radius 1 is 1.23 bits per heavy atom. The molecule has 2 N–H and O–H groups in total. The van der Waals surface area contributed by atoms with Crippen LogP contribution in [0.25, 0.3) is 0 Å². The lowest BCUT2D eigenvalue weighted by Gasteiger charge is -2.25. The molecule has 5 nitrogen and oxygen atoms in total. The zero-order chi connectivity index (χ0) is 16.2. The first-order valence-electron chi connectivity index (χ1n) is 8.80. The van der Waals surface area contributed by atoms with Crippen LogP contribution >= 0.6 is 0 Å². The van der Waals surface area contributed by atoms with E-state index in [2.05, 4.69) is 22.5 Å². The third kappa shape index (κ3) is 6.13. The van der Waals surface area contributed by atoms with Gasteiger partial charge in [-0.1, -0.05) is 0 Å². The van der Waals surface area contributed by atoms with E-state index in [0.29, 0.717) is 12.1 Å². The summed E-state index contributed by atoms with van der Waals surface area (Å²) in [7, 11) is 0. The average molecular weight is 311 g/mol. The Labute approximate surface area is 135 Å². The normalized spacial score (nSPS) is 27.8. The number of carbonyl (C=O) groups is 1. The monoisotopic (exact) mass is 311 g/mol. The molecule has 2 fully saturated rings. The predicted molar refractivity (Wildman–Crippen MR) is 89.1 cm³/mol. The lowest BCUT2D eigenvalue weighted by atomic mass is 10.2. The van der Waals surface area contributed by atoms with Crippen molar-refractivity contribution in [3.05, 3.63) is 0 Å². The minimum Gasteiger partial charge on any atom is -0.444 e. The highest BCUT2D eigenvalue weighted by atomic mass is 16.6. The molecule has 3 unspecified atom stereocenters. The minimum absolute atomic E-state index is 0.242. The number of nitrogens with zero attached hydrogens (tertiary/aromatic N) is 1. The molecule has 1 saturated heterocycles. The highest BCUT2D eigenvalue weighted by Crippen LogP contribution is 2.20. The summed E-state index contributed by atoms with van der Waals surface area (Å²) in [5, 5.41) is 6.72. The Balaban J connectivity index is 1.65. The number of ether oxygens (including phenoxy) is 1. The number of hydrogen-bond acceptors (Lipinski definition) is 4. The van der Waals surface area contributed by atoms with Crippen molar-refractivity contribution in [2.24, 2.45) is 0 Å². The largest absolute Gasteiger partial charge is 0.444 e. The Morgan fingerprint density at radius 2 is 1.86 bits per heavy atom. The summed E-state index contributed by atoms with van der Waals surface area (Å²) in [6, 6.07) is 1.27. The Bertz CT molecular complexity index is 361. The van der Waals surface area contributed by atoms with Gasteiger partial charge in [0.1, 0.15) is 5.60 Å². The van der Waals surface area contributed by atoms with E-state index in [9.17, 15) is 4.79 Å². The van der Waals surface area contributed by atoms with Crippen molar-refractivity contribution in [2.75, 3.05) is 19.6 Å². The molecule has 0 radical (unpaired) electrons. The van der Waals surface area contributed by atoms with Crippen LogP contribution in [0, 0.1) is 0 Å². The fraction of sp³-hybridized carbons (Fsp3) is 0.941. The molecule has 0 bridgehead atoms. The van der Waals surface area contributed by atoms with Gasteiger partial charge in [-0.05, 0) is 72.9 Å². The summed E-state index contributed by atoms with van der Waals surface area (Å²) in [6.07, 6.45) is 5.57. The molecule has 1 heterocycles. The van der Waals surface area contributed by atoms with Crippen LogP contribution in [0.2, 0.25) is 0 Å². The van der Waals surface area contributed by atoms with Crippen LogP contribution in [0.3, 0.4) is 0 Å². The second kappa shape index (κ2) is 7.64. The second-order valence-electron chi connectivity index (χ2n) is 7.93. The lowest BCUT2D eigenvalue weighted by Crippen LogP contribution is -2.43. The molecule has 1 aliphatic heterocycles. The van der Waals surface area contributed by atoms with Crippen LogP contribution in [-0.2, 0) is 4.74 Å². The molecule has 2 rings (SSSR count). The van der Waals surface area contributed by atoms with E-state index in [0.717, 1.165) is 25.8 Å². The highest BCUT2D eigenvalue weighted by molar-refractivity contribution is 5.68. The molecule has 2 aliphatic rings. The van der Waals surface area contributed by atoms with Crippen LogP contribution in [0.15, 0.2) is 0 Å². The lowest BCUT2D eigenvalue weighted by molar-refractivity contribution is 0.0505. The number of alkyl carbamates (subject to hydrolysis) is 1. The molecule has 0 spiro atoms. The Kier molecular flexibility index (Phi) is 6.09. The molecule has 1 amide bonds. The summed E-state index contributed by atoms with van der Waals surface area (Å²) in [6.45, 7) is 11.6. The average Bonchev–Trinajstić information content (AvgIpc) is 2.98. The first-order chi connectivity index (χ1) is 10.3. The summed E-state index contributed by atoms with van der Waals surface area (Å²) in [5.41, 5.74) is -0.426. The minimum atomic E-state index is -0.426. The summed E-state index contributed by atoms with van der Waals surface area (Å²) < 4.78 is 5.33. The van der Waals surface area contributed by atoms with Crippen molar-refractivity contribution in [3.8, 4) is 0 Å². The maximum Gasteiger partial charge on any atom is 0.407 e. The van der Waals surface area contributed by atoms with E-state index in [1.165, 1.54) is 25.9 Å². The molecule has 0 aromatic heterocycles. The number of amides is 1. The van der Waals surface area contributed by atoms with E-state index >= 15 is 0 Å². The summed E-state index contributed by atoms with van der Waals surface area (Å²) >= 11 is 0. The van der Waals surface area contributed by atoms with Crippen LogP contribution < -0.4 is 10.6 Å². The van der Waals surface area contributed by atoms with Crippen molar-refractivity contribution in [1.29, 1.82) is 0 Å². The van der Waals surface area contributed by atoms with Crippen molar-refractivity contribution in [1.82, 2.24) is 15.5 Å². The van der Waals surface area contributed by atoms with Gasteiger partial charge in [0.15, 0.2) is 0 Å². The molecule has 5 heteroatoms. The molecule has 0 aromatic rings. The number of nitrogens with one attached hydrogen (secondary N) is 2. The fourth-order valence-electron chi connectivity index (χ4n) is 3.55. The van der Waals surface area contributed by atoms with Crippen LogP contribution in [0.5, 0.6) is 0 Å². The molecule has 128 valence electrons. The Hall–Kier alpha value is -0.810. The van der Waals surface area contributed by atoms with E-state index in [1.807, 2.05) is 20.8 Å². The summed E-state index contributed by atoms with van der Waals surface area (Å²) in [4.78, 5) is 14.4. The maximum atomic E-state index is 11.8. The van der Waals surface area contributed by atoms with Gasteiger partial charge in [-0.2, -0.15) is 0 Å². The van der Waals surface area contributed by atoms with Gasteiger partial charge < -0.3 is 20.3 Å². The summed E-state index contributed by atoms with van der Waals surface area (Å²) in [5.74, 6) is 0. The van der Waals surface area contributed by atoms with Gasteiger partial charge in [-0.25, -0.2) is 4.79 Å². The third-order valence-electron chi connectivity index (χ3n) is 4.40. The fourth-order valence-corrected chi connectivity index (χ4v) is 3.55. The first-order valence-corrected chi connectivity index (χ1v) is 8.80. The standard InChI is InChI=1S/C17H33N3O2/c1-13(12-20-9-5-6-10-20)18-14-7-8-15(11-14)19-16(21)22-17(2,3)4/h13-15,18H,5-12H2,1-4H3,(H,19,21). The van der Waals surface area contributed by atoms with Gasteiger partial charge >= 0.3 is 6.09 Å². The molecular weight excluding hydrogens is 278 g/mol. The molecule has 1 aliphatic carbocycles. The maximum absolute atomic E-state index is 11.8. The first kappa shape index (κ1) is 17.5. The highest BCUT2D eigenvalue weighted by Gasteiger charge is 2.28. The number of carbonyl (C=O) groups excluding carboxylic acids is 1. The number of likely N-dealkylation sites (tertiary alicyclic amines) is 1. The molecule has 1 saturated carbocycles. The van der Waals surface area contributed by atoms with E-state index < -0.39 is 5.60 Å². The topological polar surface area (TPSA) is 53.6 Å². The molecule has 3 atom stereocenters. The van der Waals surface area contributed by atoms with Gasteiger partial charge in [0.25, 0.3) is 0 Å². The number of rotatable bonds is 5. The zero-order valence-corrected chi connectivity index (χ0v) is 14.7. The molecular formula is C17H33N3O2. The van der Waals surface area contributed by atoms with Crippen molar-refractivity contribution in [2.45, 2.75) is 83.5 Å². The second-order valence-corrected chi connectivity index (χ2v) is 7.93. The number of hydrogen-bond donors (Lipinski definition) is 2. The molecule has 22 heavy (non-hydrogen) atoms. The third-order valence-corrected chi connectivity index (χ3v) is 4.40. The van der Waals surface area contributed by atoms with Crippen molar-refractivity contribution >= 4 is 6.09 Å². The van der Waals surface area contributed by atoms with E-state index in [1.54, 1.807) is 0 Å². The van der Waals surface area contributed by atoms with Gasteiger partial charge in [-0.15, -0.1) is 0 Å². The molecule has 0 aromatic carbocycles. The van der Waals surface area contributed by atoms with Crippen LogP contribution in [-0.4, -0.2) is 54.4 Å². The predicted octanol–water partition coefficient (Wildman–Crippen LogP) is 2.51. The van der Waals surface area contributed by atoms with Crippen LogP contribution in [0.4, 0.5) is 4.79 Å². The van der Waals surface area contributed by atoms with E-state index in [-0.39, 0.29) is 12.1 Å². The van der Waals surface area contributed by atoms with E-state index in [4.69, 9.17) is 4.74 Å². The van der Waals surface area contributed by atoms with Crippen LogP contribution in [0.1, 0.15) is 59.8 Å². The van der Waals surface area contributed by atoms with Crippen molar-refractivity contribution in [3.63, 3.8) is 0 Å². The van der Waals surface area contributed by atoms with Crippen molar-refractivity contribution < 1.29 is 9.53 Å². The van der Waals surface area contributed by atoms with Gasteiger partial charge in [-0.3, -0.25) is 0 Å². The smallest absolute Gasteiger partial charge is 0.407 e. The quantitative estimate of drug-likeness (QED) is 0.819. The SMILES string of the molecule is CC(CN1CCCC1)NC1CCC(NC(=O)OC(C)(C)C)C1. The Morgan fingerprint density at radius 3 is 2.50 bits per heavy atom. The van der Waals surface area contributed by atoms with Gasteiger partial charge in [0.2, 0.25) is 0 Å². The zero-order valence-electron chi connectivity index (χ0n) is 14.7.